The van der Waals surface area contributed by atoms with Crippen molar-refractivity contribution in [3.8, 4) is 22.3 Å². The Hall–Kier alpha value is -6.78. The number of nitrogens with zero attached hydrogens (tertiary/aromatic N) is 4. The third kappa shape index (κ3) is 5.14. The Labute approximate surface area is 340 Å². The van der Waals surface area contributed by atoms with Crippen molar-refractivity contribution >= 4 is 50.2 Å². The Morgan fingerprint density at radius 1 is 0.466 bits per heavy atom. The van der Waals surface area contributed by atoms with Gasteiger partial charge in [0.2, 0.25) is 0 Å². The number of aromatic nitrogens is 2. The first kappa shape index (κ1) is 34.5. The largest absolute Gasteiger partial charge is 0.313 e. The zero-order valence-electron chi connectivity index (χ0n) is 33.4. The summed E-state index contributed by atoms with van der Waals surface area (Å²) in [6.45, 7) is 9.61. The highest BCUT2D eigenvalue weighted by atomic mass is 15.2. The maximum atomic E-state index is 4.72. The molecule has 0 unspecified atom stereocenters. The number of para-hydroxylation sites is 3. The van der Waals surface area contributed by atoms with E-state index in [1.54, 1.807) is 0 Å². The summed E-state index contributed by atoms with van der Waals surface area (Å²) in [7, 11) is 0. The van der Waals surface area contributed by atoms with Crippen molar-refractivity contribution in [2.24, 2.45) is 0 Å². The second-order valence-electron chi connectivity index (χ2n) is 17.0. The summed E-state index contributed by atoms with van der Waals surface area (Å²) in [5.41, 5.74) is 19.5. The van der Waals surface area contributed by atoms with E-state index in [0.29, 0.717) is 0 Å². The lowest BCUT2D eigenvalue weighted by molar-refractivity contribution is 0.652. The number of hydrogen-bond acceptors (Lipinski definition) is 4. The summed E-state index contributed by atoms with van der Waals surface area (Å²) >= 11 is 0. The van der Waals surface area contributed by atoms with Gasteiger partial charge in [-0.15, -0.1) is 0 Å². The molecule has 11 rings (SSSR count). The molecule has 58 heavy (non-hydrogen) atoms. The molecular weight excluding hydrogens is 705 g/mol. The maximum absolute atomic E-state index is 4.72. The second-order valence-corrected chi connectivity index (χ2v) is 17.0. The predicted molar refractivity (Wildman–Crippen MR) is 242 cm³/mol. The Balaban J connectivity index is 1.02. The van der Waals surface area contributed by atoms with E-state index in [-0.39, 0.29) is 10.8 Å². The molecule has 0 N–H and O–H groups in total. The molecule has 0 bridgehead atoms. The van der Waals surface area contributed by atoms with Crippen molar-refractivity contribution in [1.82, 2.24) is 9.97 Å². The molecule has 2 aromatic heterocycles. The molecule has 2 heterocycles. The van der Waals surface area contributed by atoms with E-state index in [1.807, 2.05) is 12.4 Å². The van der Waals surface area contributed by atoms with Gasteiger partial charge in [0, 0.05) is 56.8 Å². The lowest BCUT2D eigenvalue weighted by atomic mass is 9.79. The first-order valence-electron chi connectivity index (χ1n) is 20.5. The highest BCUT2D eigenvalue weighted by Crippen LogP contribution is 2.57. The molecule has 0 radical (unpaired) electrons. The van der Waals surface area contributed by atoms with E-state index in [4.69, 9.17) is 9.97 Å². The average Bonchev–Trinajstić information content (AvgIpc) is 3.62. The van der Waals surface area contributed by atoms with E-state index < -0.39 is 0 Å². The summed E-state index contributed by atoms with van der Waals surface area (Å²) in [6, 6.07) is 51.2. The van der Waals surface area contributed by atoms with Gasteiger partial charge >= 0.3 is 0 Å². The van der Waals surface area contributed by atoms with Crippen molar-refractivity contribution in [2.45, 2.75) is 51.4 Å². The minimum Gasteiger partial charge on any atom is -0.313 e. The molecule has 3 aliphatic carbocycles. The van der Waals surface area contributed by atoms with Crippen LogP contribution in [0.2, 0.25) is 0 Å². The Bertz CT molecular complexity index is 3010. The lowest BCUT2D eigenvalue weighted by Gasteiger charge is -2.31. The first-order valence-corrected chi connectivity index (χ1v) is 20.5. The number of pyridine rings is 2. The molecule has 0 saturated carbocycles. The number of anilines is 5. The predicted octanol–water partition coefficient (Wildman–Crippen LogP) is 14.2. The van der Waals surface area contributed by atoms with E-state index >= 15 is 0 Å². The van der Waals surface area contributed by atoms with Crippen LogP contribution >= 0.6 is 0 Å². The minimum absolute atomic E-state index is 0.193. The van der Waals surface area contributed by atoms with Crippen LogP contribution in [-0.2, 0) is 10.8 Å². The van der Waals surface area contributed by atoms with Gasteiger partial charge in [0.15, 0.2) is 0 Å². The number of rotatable bonds is 6. The van der Waals surface area contributed by atoms with Gasteiger partial charge in [-0.1, -0.05) is 107 Å². The average molecular weight is 749 g/mol. The van der Waals surface area contributed by atoms with Gasteiger partial charge < -0.3 is 9.80 Å². The van der Waals surface area contributed by atoms with Gasteiger partial charge in [-0.05, 0) is 136 Å². The van der Waals surface area contributed by atoms with Crippen LogP contribution in [0.1, 0.15) is 62.8 Å². The van der Waals surface area contributed by atoms with Gasteiger partial charge in [0.05, 0.1) is 22.4 Å². The fourth-order valence-corrected chi connectivity index (χ4v) is 10.0. The molecule has 0 fully saturated rings. The minimum atomic E-state index is -0.203. The van der Waals surface area contributed by atoms with E-state index in [2.05, 4.69) is 195 Å². The lowest BCUT2D eigenvalue weighted by Crippen LogP contribution is -2.20. The second kappa shape index (κ2) is 12.9. The molecule has 0 spiro atoms. The molecule has 280 valence electrons. The van der Waals surface area contributed by atoms with Crippen LogP contribution in [0, 0.1) is 0 Å². The van der Waals surface area contributed by atoms with Gasteiger partial charge in [0.25, 0.3) is 0 Å². The third-order valence-corrected chi connectivity index (χ3v) is 13.0. The molecule has 0 atom stereocenters. The molecule has 4 nitrogen and oxygen atoms in total. The molecule has 8 aromatic rings. The van der Waals surface area contributed by atoms with Gasteiger partial charge in [-0.25, -0.2) is 0 Å². The Morgan fingerprint density at radius 2 is 0.966 bits per heavy atom. The van der Waals surface area contributed by atoms with Crippen molar-refractivity contribution < 1.29 is 0 Å². The summed E-state index contributed by atoms with van der Waals surface area (Å²) in [5.74, 6) is 0. The SMILES string of the molecule is CC1(C)c2cc(N(C3=CC=CCC3)c3ccnc4ccccc34)ccc2-c2cc3c(cc21)-c1ccc(N(c2ccccc2)c2ccnc4ccccc24)cc1C3(C)C. The molecule has 6 aromatic carbocycles. The molecule has 0 aliphatic heterocycles. The molecule has 3 aliphatic rings. The molecule has 4 heteroatoms. The van der Waals surface area contributed by atoms with E-state index in [9.17, 15) is 0 Å². The number of fused-ring (bicyclic) bond motifs is 8. The fraction of sp³-hybridized carbons (Fsp3) is 0.148. The topological polar surface area (TPSA) is 32.3 Å². The van der Waals surface area contributed by atoms with Crippen molar-refractivity contribution in [2.75, 3.05) is 9.80 Å². The number of allylic oxidation sites excluding steroid dienone is 4. The van der Waals surface area contributed by atoms with E-state index in [0.717, 1.165) is 51.7 Å². The smallest absolute Gasteiger partial charge is 0.0723 e. The fourth-order valence-electron chi connectivity index (χ4n) is 10.0. The van der Waals surface area contributed by atoms with Crippen molar-refractivity contribution in [3.63, 3.8) is 0 Å². The van der Waals surface area contributed by atoms with Crippen LogP contribution in [0.3, 0.4) is 0 Å². The van der Waals surface area contributed by atoms with E-state index in [1.165, 1.54) is 61.6 Å². The van der Waals surface area contributed by atoms with Crippen LogP contribution < -0.4 is 9.80 Å². The molecule has 0 saturated heterocycles. The quantitative estimate of drug-likeness (QED) is 0.169. The molecular formula is C54H44N4. The van der Waals surface area contributed by atoms with Crippen LogP contribution in [0.4, 0.5) is 28.4 Å². The first-order chi connectivity index (χ1) is 28.3. The normalized spacial score (nSPS) is 15.4. The van der Waals surface area contributed by atoms with Gasteiger partial charge in [-0.2, -0.15) is 0 Å². The number of benzene rings is 6. The summed E-state index contributed by atoms with van der Waals surface area (Å²) in [5, 5.41) is 2.28. The zero-order chi connectivity index (χ0) is 39.2. The van der Waals surface area contributed by atoms with Crippen LogP contribution in [0.25, 0.3) is 44.1 Å². The highest BCUT2D eigenvalue weighted by Gasteiger charge is 2.42. The maximum Gasteiger partial charge on any atom is 0.0723 e. The van der Waals surface area contributed by atoms with Crippen molar-refractivity contribution in [1.29, 1.82) is 0 Å². The van der Waals surface area contributed by atoms with Crippen LogP contribution in [-0.4, -0.2) is 9.97 Å². The summed E-state index contributed by atoms with van der Waals surface area (Å²) in [4.78, 5) is 14.3. The van der Waals surface area contributed by atoms with Gasteiger partial charge in [0.1, 0.15) is 0 Å². The van der Waals surface area contributed by atoms with Crippen molar-refractivity contribution in [3.05, 3.63) is 198 Å². The monoisotopic (exact) mass is 748 g/mol. The standard InChI is InChI=1S/C54H44N4/c1-53(2)45-31-37(57(35-15-7-5-8-16-35)51-27-29-55-49-21-13-11-19-41(49)51)23-25-39(45)43-34-48-44(33-47(43)53)40-26-24-38(32-46(40)54(48,3)4)58(36-17-9-6-10-18-36)52-28-30-56-50-22-14-12-20-42(50)52/h5-9,11-17,19-34H,10,18H2,1-4H3. The molecule has 0 amide bonds. The zero-order valence-corrected chi connectivity index (χ0v) is 33.4. The summed E-state index contributed by atoms with van der Waals surface area (Å²) in [6.07, 6.45) is 12.6. The summed E-state index contributed by atoms with van der Waals surface area (Å²) < 4.78 is 0. The van der Waals surface area contributed by atoms with Gasteiger partial charge in [-0.3, -0.25) is 9.97 Å². The van der Waals surface area contributed by atoms with Crippen LogP contribution in [0.5, 0.6) is 0 Å². The number of hydrogen-bond donors (Lipinski definition) is 0. The van der Waals surface area contributed by atoms with Crippen LogP contribution in [0.15, 0.2) is 176 Å². The third-order valence-electron chi connectivity index (χ3n) is 13.0. The Kier molecular flexibility index (Phi) is 7.65. The highest BCUT2D eigenvalue weighted by molar-refractivity contribution is 5.99. The Morgan fingerprint density at radius 3 is 1.52 bits per heavy atom.